The van der Waals surface area contributed by atoms with Crippen LogP contribution in [0.2, 0.25) is 0 Å². The minimum absolute atomic E-state index is 0.188. The van der Waals surface area contributed by atoms with Gasteiger partial charge in [0.05, 0.1) is 13.7 Å². The fourth-order valence-corrected chi connectivity index (χ4v) is 2.71. The van der Waals surface area contributed by atoms with E-state index in [-0.39, 0.29) is 5.91 Å². The fourth-order valence-electron chi connectivity index (χ4n) is 2.71. The number of amides is 1. The molecule has 140 valence electrons. The van der Waals surface area contributed by atoms with Gasteiger partial charge in [-0.2, -0.15) is 0 Å². The monoisotopic (exact) mass is 365 g/mol. The summed E-state index contributed by atoms with van der Waals surface area (Å²) in [6.07, 6.45) is -0.601. The molecule has 1 amide bonds. The van der Waals surface area contributed by atoms with Gasteiger partial charge in [0.2, 0.25) is 0 Å². The van der Waals surface area contributed by atoms with Gasteiger partial charge in [-0.1, -0.05) is 36.4 Å². The summed E-state index contributed by atoms with van der Waals surface area (Å²) >= 11 is 0. The third kappa shape index (κ3) is 4.91. The first kappa shape index (κ1) is 18.6. The van der Waals surface area contributed by atoms with Gasteiger partial charge in [-0.05, 0) is 42.6 Å². The average molecular weight is 365 g/mol. The van der Waals surface area contributed by atoms with E-state index in [1.165, 1.54) is 0 Å². The first-order valence-corrected chi connectivity index (χ1v) is 8.86. The SMILES string of the molecule is COc1ccc(O[C@H](C)C(=O)NCCOc2cccc3ccccc23)cc1. The second-order valence-electron chi connectivity index (χ2n) is 6.05. The molecule has 5 heteroatoms. The molecule has 0 saturated carbocycles. The van der Waals surface area contributed by atoms with Crippen LogP contribution < -0.4 is 19.5 Å². The maximum absolute atomic E-state index is 12.2. The van der Waals surface area contributed by atoms with Crippen molar-refractivity contribution in [2.75, 3.05) is 20.3 Å². The van der Waals surface area contributed by atoms with Crippen LogP contribution in [-0.2, 0) is 4.79 Å². The molecule has 3 aromatic carbocycles. The number of carbonyl (C=O) groups is 1. The molecule has 0 aliphatic rings. The van der Waals surface area contributed by atoms with Crippen molar-refractivity contribution in [2.24, 2.45) is 0 Å². The van der Waals surface area contributed by atoms with Crippen molar-refractivity contribution in [3.8, 4) is 17.2 Å². The molecule has 0 aliphatic heterocycles. The number of nitrogens with one attached hydrogen (secondary N) is 1. The molecule has 27 heavy (non-hydrogen) atoms. The second-order valence-corrected chi connectivity index (χ2v) is 6.05. The zero-order chi connectivity index (χ0) is 19.1. The highest BCUT2D eigenvalue weighted by molar-refractivity contribution is 5.88. The molecular weight excluding hydrogens is 342 g/mol. The van der Waals surface area contributed by atoms with Crippen LogP contribution in [0.15, 0.2) is 66.7 Å². The molecule has 3 aromatic rings. The second kappa shape index (κ2) is 8.94. The summed E-state index contributed by atoms with van der Waals surface area (Å²) < 4.78 is 16.6. The highest BCUT2D eigenvalue weighted by Crippen LogP contribution is 2.24. The minimum atomic E-state index is -0.601. The van der Waals surface area contributed by atoms with Crippen molar-refractivity contribution in [1.82, 2.24) is 5.32 Å². The predicted molar refractivity (Wildman–Crippen MR) is 106 cm³/mol. The molecule has 0 spiro atoms. The first-order chi connectivity index (χ1) is 13.2. The van der Waals surface area contributed by atoms with Crippen LogP contribution in [0.25, 0.3) is 10.8 Å². The highest BCUT2D eigenvalue weighted by atomic mass is 16.5. The molecule has 0 aliphatic carbocycles. The number of fused-ring (bicyclic) bond motifs is 1. The largest absolute Gasteiger partial charge is 0.497 e. The molecule has 0 fully saturated rings. The van der Waals surface area contributed by atoms with Crippen molar-refractivity contribution >= 4 is 16.7 Å². The smallest absolute Gasteiger partial charge is 0.260 e. The van der Waals surface area contributed by atoms with E-state index >= 15 is 0 Å². The van der Waals surface area contributed by atoms with E-state index in [4.69, 9.17) is 14.2 Å². The highest BCUT2D eigenvalue weighted by Gasteiger charge is 2.14. The molecular formula is C22H23NO4. The van der Waals surface area contributed by atoms with Gasteiger partial charge in [0.15, 0.2) is 6.10 Å². The zero-order valence-electron chi connectivity index (χ0n) is 15.5. The summed E-state index contributed by atoms with van der Waals surface area (Å²) in [6.45, 7) is 2.50. The summed E-state index contributed by atoms with van der Waals surface area (Å²) in [5.41, 5.74) is 0. The maximum Gasteiger partial charge on any atom is 0.260 e. The topological polar surface area (TPSA) is 56.8 Å². The Balaban J connectivity index is 1.45. The van der Waals surface area contributed by atoms with Crippen LogP contribution in [0.4, 0.5) is 0 Å². The Bertz CT molecular complexity index is 887. The van der Waals surface area contributed by atoms with E-state index in [1.807, 2.05) is 42.5 Å². The van der Waals surface area contributed by atoms with Crippen LogP contribution in [0, 0.1) is 0 Å². The molecule has 5 nitrogen and oxygen atoms in total. The van der Waals surface area contributed by atoms with E-state index in [9.17, 15) is 4.79 Å². The van der Waals surface area contributed by atoms with Crippen molar-refractivity contribution < 1.29 is 19.0 Å². The van der Waals surface area contributed by atoms with Gasteiger partial charge in [-0.25, -0.2) is 0 Å². The van der Waals surface area contributed by atoms with E-state index in [1.54, 1.807) is 38.3 Å². The molecule has 1 N–H and O–H groups in total. The molecule has 0 unspecified atom stereocenters. The maximum atomic E-state index is 12.2. The zero-order valence-corrected chi connectivity index (χ0v) is 15.5. The van der Waals surface area contributed by atoms with Gasteiger partial charge < -0.3 is 19.5 Å². The number of carbonyl (C=O) groups excluding carboxylic acids is 1. The van der Waals surface area contributed by atoms with Gasteiger partial charge in [0.1, 0.15) is 23.9 Å². The van der Waals surface area contributed by atoms with Crippen molar-refractivity contribution in [3.05, 3.63) is 66.7 Å². The summed E-state index contributed by atoms with van der Waals surface area (Å²) in [6, 6.07) is 21.1. The van der Waals surface area contributed by atoms with Gasteiger partial charge in [-0.15, -0.1) is 0 Å². The minimum Gasteiger partial charge on any atom is -0.497 e. The third-order valence-electron chi connectivity index (χ3n) is 4.15. The normalized spacial score (nSPS) is 11.6. The van der Waals surface area contributed by atoms with Crippen LogP contribution >= 0.6 is 0 Å². The lowest BCUT2D eigenvalue weighted by molar-refractivity contribution is -0.127. The third-order valence-corrected chi connectivity index (χ3v) is 4.15. The lowest BCUT2D eigenvalue weighted by Crippen LogP contribution is -2.38. The van der Waals surface area contributed by atoms with Gasteiger partial charge in [-0.3, -0.25) is 4.79 Å². The Kier molecular flexibility index (Phi) is 6.15. The summed E-state index contributed by atoms with van der Waals surface area (Å²) in [5.74, 6) is 1.98. The number of hydrogen-bond donors (Lipinski definition) is 1. The van der Waals surface area contributed by atoms with Gasteiger partial charge in [0, 0.05) is 5.39 Å². The standard InChI is InChI=1S/C22H23NO4/c1-16(27-19-12-10-18(25-2)11-13-19)22(24)23-14-15-26-21-9-5-7-17-6-3-4-8-20(17)21/h3-13,16H,14-15H2,1-2H3,(H,23,24)/t16-/m1/s1. The number of hydrogen-bond acceptors (Lipinski definition) is 4. The van der Waals surface area contributed by atoms with Crippen LogP contribution in [0.3, 0.4) is 0 Å². The van der Waals surface area contributed by atoms with Crippen molar-refractivity contribution in [3.63, 3.8) is 0 Å². The fraction of sp³-hybridized carbons (Fsp3) is 0.227. The number of benzene rings is 3. The molecule has 1 atom stereocenters. The van der Waals surface area contributed by atoms with Crippen LogP contribution in [-0.4, -0.2) is 32.3 Å². The Morgan fingerprint density at radius 1 is 0.963 bits per heavy atom. The first-order valence-electron chi connectivity index (χ1n) is 8.86. The summed E-state index contributed by atoms with van der Waals surface area (Å²) in [7, 11) is 1.60. The lowest BCUT2D eigenvalue weighted by atomic mass is 10.1. The van der Waals surface area contributed by atoms with Gasteiger partial charge >= 0.3 is 0 Å². The Morgan fingerprint density at radius 3 is 2.44 bits per heavy atom. The summed E-state index contributed by atoms with van der Waals surface area (Å²) in [4.78, 5) is 12.2. The summed E-state index contributed by atoms with van der Waals surface area (Å²) in [5, 5.41) is 5.01. The Morgan fingerprint density at radius 2 is 1.67 bits per heavy atom. The number of methoxy groups -OCH3 is 1. The lowest BCUT2D eigenvalue weighted by Gasteiger charge is -2.15. The molecule has 0 radical (unpaired) electrons. The van der Waals surface area contributed by atoms with E-state index in [2.05, 4.69) is 5.32 Å². The van der Waals surface area contributed by atoms with Crippen molar-refractivity contribution in [2.45, 2.75) is 13.0 Å². The number of ether oxygens (including phenoxy) is 3. The van der Waals surface area contributed by atoms with Crippen LogP contribution in [0.5, 0.6) is 17.2 Å². The molecule has 0 saturated heterocycles. The molecule has 0 heterocycles. The number of rotatable bonds is 8. The van der Waals surface area contributed by atoms with E-state index in [0.29, 0.717) is 18.9 Å². The average Bonchev–Trinajstić information content (AvgIpc) is 2.71. The molecule has 3 rings (SSSR count). The molecule has 0 bridgehead atoms. The Labute approximate surface area is 158 Å². The molecule has 0 aromatic heterocycles. The van der Waals surface area contributed by atoms with E-state index < -0.39 is 6.10 Å². The Hall–Kier alpha value is -3.21. The van der Waals surface area contributed by atoms with Crippen LogP contribution in [0.1, 0.15) is 6.92 Å². The quantitative estimate of drug-likeness (QED) is 0.617. The van der Waals surface area contributed by atoms with Gasteiger partial charge in [0.25, 0.3) is 5.91 Å². The predicted octanol–water partition coefficient (Wildman–Crippen LogP) is 3.81. The van der Waals surface area contributed by atoms with E-state index in [0.717, 1.165) is 22.3 Å². The van der Waals surface area contributed by atoms with Crippen molar-refractivity contribution in [1.29, 1.82) is 0 Å².